The van der Waals surface area contributed by atoms with Gasteiger partial charge in [0.15, 0.2) is 9.84 Å². The van der Waals surface area contributed by atoms with Crippen molar-refractivity contribution in [3.8, 4) is 11.3 Å². The van der Waals surface area contributed by atoms with Gasteiger partial charge in [0.05, 0.1) is 21.1 Å². The Labute approximate surface area is 190 Å². The molecule has 3 heterocycles. The number of aromatic nitrogens is 3. The first-order chi connectivity index (χ1) is 15.2. The first-order valence-corrected chi connectivity index (χ1v) is 12.0. The van der Waals surface area contributed by atoms with Crippen LogP contribution < -0.4 is 10.6 Å². The van der Waals surface area contributed by atoms with Gasteiger partial charge in [-0.2, -0.15) is 0 Å². The first kappa shape index (κ1) is 22.0. The van der Waals surface area contributed by atoms with Crippen molar-refractivity contribution >= 4 is 49.9 Å². The smallest absolute Gasteiger partial charge is 0.246 e. The van der Waals surface area contributed by atoms with Crippen LogP contribution in [0.2, 0.25) is 5.02 Å². The molecule has 4 rings (SSSR count). The Bertz CT molecular complexity index is 1340. The number of benzene rings is 1. The normalized spacial score (nSPS) is 14.6. The predicted octanol–water partition coefficient (Wildman–Crippen LogP) is 2.17. The van der Waals surface area contributed by atoms with Crippen molar-refractivity contribution in [1.29, 1.82) is 0 Å². The predicted molar refractivity (Wildman–Crippen MR) is 124 cm³/mol. The largest absolute Gasteiger partial charge is 0.384 e. The summed E-state index contributed by atoms with van der Waals surface area (Å²) in [6, 6.07) is 6.26. The Morgan fingerprint density at radius 3 is 2.56 bits per heavy atom. The fourth-order valence-corrected chi connectivity index (χ4v) is 4.79. The van der Waals surface area contributed by atoms with E-state index in [1.54, 1.807) is 17.0 Å². The van der Waals surface area contributed by atoms with E-state index in [4.69, 9.17) is 17.3 Å². The third kappa shape index (κ3) is 4.11. The highest BCUT2D eigenvalue weighted by atomic mass is 35.5. The van der Waals surface area contributed by atoms with Crippen molar-refractivity contribution in [1.82, 2.24) is 19.9 Å². The minimum atomic E-state index is -3.57. The van der Waals surface area contributed by atoms with Gasteiger partial charge < -0.3 is 15.5 Å². The lowest BCUT2D eigenvalue weighted by Gasteiger charge is -2.35. The molecule has 32 heavy (non-hydrogen) atoms. The van der Waals surface area contributed by atoms with Gasteiger partial charge in [0.25, 0.3) is 0 Å². The molecule has 3 aromatic rings. The van der Waals surface area contributed by atoms with E-state index in [-0.39, 0.29) is 22.3 Å². The summed E-state index contributed by atoms with van der Waals surface area (Å²) in [6.07, 6.45) is 3.86. The second kappa shape index (κ2) is 8.36. The highest BCUT2D eigenvalue weighted by molar-refractivity contribution is 7.90. The van der Waals surface area contributed by atoms with Gasteiger partial charge in [-0.3, -0.25) is 4.79 Å². The highest BCUT2D eigenvalue weighted by Crippen LogP contribution is 2.36. The maximum atomic E-state index is 12.3. The van der Waals surface area contributed by atoms with Crippen molar-refractivity contribution in [3.63, 3.8) is 0 Å². The molecule has 1 amide bonds. The van der Waals surface area contributed by atoms with Crippen LogP contribution >= 0.6 is 11.6 Å². The van der Waals surface area contributed by atoms with Gasteiger partial charge in [-0.25, -0.2) is 23.4 Å². The van der Waals surface area contributed by atoms with E-state index < -0.39 is 9.84 Å². The maximum absolute atomic E-state index is 12.3. The number of carbonyl (C=O) groups excluding carboxylic acids is 1. The summed E-state index contributed by atoms with van der Waals surface area (Å²) in [6.45, 7) is 5.82. The molecular formula is C21H21ClN6O3S. The number of pyridine rings is 1. The van der Waals surface area contributed by atoms with E-state index in [1.807, 2.05) is 0 Å². The SMILES string of the molecule is C=CC(=O)N1CCN(c2ncnc3cc(-c4nc(N)ccc4S(C)(=O)=O)c(Cl)cc23)CC1. The lowest BCUT2D eigenvalue weighted by Crippen LogP contribution is -2.48. The number of carbonyl (C=O) groups is 1. The number of nitrogens with two attached hydrogens (primary N) is 1. The van der Waals surface area contributed by atoms with Gasteiger partial charge >= 0.3 is 0 Å². The topological polar surface area (TPSA) is 122 Å². The van der Waals surface area contributed by atoms with E-state index >= 15 is 0 Å². The lowest BCUT2D eigenvalue weighted by atomic mass is 10.1. The molecule has 1 aromatic carbocycles. The lowest BCUT2D eigenvalue weighted by molar-refractivity contribution is -0.126. The molecule has 1 aliphatic rings. The summed E-state index contributed by atoms with van der Waals surface area (Å²) in [4.78, 5) is 28.7. The number of anilines is 2. The number of hydrogen-bond donors (Lipinski definition) is 1. The van der Waals surface area contributed by atoms with Crippen LogP contribution in [-0.4, -0.2) is 66.6 Å². The molecule has 1 aliphatic heterocycles. The second-order valence-electron chi connectivity index (χ2n) is 7.42. The molecule has 0 spiro atoms. The van der Waals surface area contributed by atoms with Gasteiger partial charge in [0.1, 0.15) is 18.0 Å². The molecule has 0 atom stereocenters. The molecule has 0 bridgehead atoms. The van der Waals surface area contributed by atoms with Gasteiger partial charge in [0.2, 0.25) is 5.91 Å². The van der Waals surface area contributed by atoms with Crippen molar-refractivity contribution < 1.29 is 13.2 Å². The zero-order chi connectivity index (χ0) is 23.0. The van der Waals surface area contributed by atoms with Crippen LogP contribution in [-0.2, 0) is 14.6 Å². The average molecular weight is 473 g/mol. The Morgan fingerprint density at radius 1 is 1.19 bits per heavy atom. The van der Waals surface area contributed by atoms with Crippen LogP contribution in [0.4, 0.5) is 11.6 Å². The fourth-order valence-electron chi connectivity index (χ4n) is 3.72. The molecule has 11 heteroatoms. The molecule has 2 N–H and O–H groups in total. The molecule has 0 unspecified atom stereocenters. The monoisotopic (exact) mass is 472 g/mol. The maximum Gasteiger partial charge on any atom is 0.246 e. The summed E-state index contributed by atoms with van der Waals surface area (Å²) >= 11 is 6.59. The average Bonchev–Trinajstić information content (AvgIpc) is 2.77. The molecule has 0 radical (unpaired) electrons. The summed E-state index contributed by atoms with van der Waals surface area (Å²) in [5.74, 6) is 0.776. The molecule has 9 nitrogen and oxygen atoms in total. The van der Waals surface area contributed by atoms with Crippen LogP contribution in [0.25, 0.3) is 22.2 Å². The molecule has 166 valence electrons. The van der Waals surface area contributed by atoms with Gasteiger partial charge in [-0.1, -0.05) is 18.2 Å². The quantitative estimate of drug-likeness (QED) is 0.573. The van der Waals surface area contributed by atoms with Crippen LogP contribution in [0.3, 0.4) is 0 Å². The standard InChI is InChI=1S/C21H21ClN6O3S/c1-3-19(29)27-6-8-28(9-7-27)21-14-10-15(22)13(11-16(14)24-12-25-21)20-17(32(2,30)31)4-5-18(23)26-20/h3-5,10-12H,1,6-9H2,2H3,(H2,23,26). The number of sulfone groups is 1. The fraction of sp³-hybridized carbons (Fsp3) is 0.238. The molecule has 0 saturated carbocycles. The number of hydrogen-bond acceptors (Lipinski definition) is 8. The van der Waals surface area contributed by atoms with E-state index in [0.717, 1.165) is 11.6 Å². The van der Waals surface area contributed by atoms with Gasteiger partial charge in [-0.15, -0.1) is 0 Å². The van der Waals surface area contributed by atoms with Crippen LogP contribution in [0.1, 0.15) is 0 Å². The van der Waals surface area contributed by atoms with Gasteiger partial charge in [0, 0.05) is 43.4 Å². The van der Waals surface area contributed by atoms with Crippen molar-refractivity contribution in [2.45, 2.75) is 4.90 Å². The number of piperazine rings is 1. The van der Waals surface area contributed by atoms with Crippen LogP contribution in [0.5, 0.6) is 0 Å². The Morgan fingerprint density at radius 2 is 1.91 bits per heavy atom. The third-order valence-corrected chi connectivity index (χ3v) is 6.74. The zero-order valence-electron chi connectivity index (χ0n) is 17.3. The number of fused-ring (bicyclic) bond motifs is 1. The number of halogens is 1. The Balaban J connectivity index is 1.77. The zero-order valence-corrected chi connectivity index (χ0v) is 18.9. The summed E-state index contributed by atoms with van der Waals surface area (Å²) in [7, 11) is -3.57. The minimum absolute atomic E-state index is 0.0326. The van der Waals surface area contributed by atoms with Crippen molar-refractivity contribution in [2.24, 2.45) is 0 Å². The molecule has 2 aromatic heterocycles. The van der Waals surface area contributed by atoms with E-state index in [1.165, 1.54) is 24.5 Å². The highest BCUT2D eigenvalue weighted by Gasteiger charge is 2.24. The number of nitrogen functional groups attached to an aromatic ring is 1. The number of rotatable bonds is 4. The molecule has 1 saturated heterocycles. The second-order valence-corrected chi connectivity index (χ2v) is 9.81. The number of nitrogens with zero attached hydrogens (tertiary/aromatic N) is 5. The third-order valence-electron chi connectivity index (χ3n) is 5.30. The van der Waals surface area contributed by atoms with Gasteiger partial charge in [-0.05, 0) is 30.3 Å². The summed E-state index contributed by atoms with van der Waals surface area (Å²) in [5.41, 5.74) is 7.00. The van der Waals surface area contributed by atoms with Crippen molar-refractivity contribution in [2.75, 3.05) is 43.1 Å². The van der Waals surface area contributed by atoms with E-state index in [9.17, 15) is 13.2 Å². The minimum Gasteiger partial charge on any atom is -0.384 e. The van der Waals surface area contributed by atoms with E-state index in [2.05, 4.69) is 26.4 Å². The molecule has 0 aliphatic carbocycles. The van der Waals surface area contributed by atoms with E-state index in [0.29, 0.717) is 48.1 Å². The Hall–Kier alpha value is -3.24. The molecular weight excluding hydrogens is 452 g/mol. The molecule has 1 fully saturated rings. The summed E-state index contributed by atoms with van der Waals surface area (Å²) in [5, 5.41) is 1.02. The van der Waals surface area contributed by atoms with Crippen LogP contribution in [0.15, 0.2) is 48.1 Å². The van der Waals surface area contributed by atoms with Crippen molar-refractivity contribution in [3.05, 3.63) is 48.3 Å². The summed E-state index contributed by atoms with van der Waals surface area (Å²) < 4.78 is 24.6. The number of amides is 1. The Kier molecular flexibility index (Phi) is 5.74. The first-order valence-electron chi connectivity index (χ1n) is 9.76. The van der Waals surface area contributed by atoms with Crippen LogP contribution in [0, 0.1) is 0 Å².